The van der Waals surface area contributed by atoms with Crippen LogP contribution < -0.4 is 0 Å². The maximum Gasteiger partial charge on any atom is 0.303 e. The first-order valence-electron chi connectivity index (χ1n) is 6.71. The van der Waals surface area contributed by atoms with Crippen LogP contribution in [-0.4, -0.2) is 22.3 Å². The molecule has 2 N–H and O–H groups in total. The monoisotopic (exact) mass is 242 g/mol. The van der Waals surface area contributed by atoms with Crippen molar-refractivity contribution in [3.8, 4) is 0 Å². The van der Waals surface area contributed by atoms with Crippen molar-refractivity contribution in [2.45, 2.75) is 70.8 Å². The Balaban J connectivity index is 3.17. The van der Waals surface area contributed by atoms with Gasteiger partial charge in [0.25, 0.3) is 0 Å². The quantitative estimate of drug-likeness (QED) is 0.430. The molecule has 1 atom stereocenters. The molecule has 0 radical (unpaired) electrons. The van der Waals surface area contributed by atoms with Gasteiger partial charge in [-0.15, -0.1) is 0 Å². The fourth-order valence-corrected chi connectivity index (χ4v) is 1.62. The molecule has 0 spiro atoms. The number of unbranched alkanes of at least 4 members (excludes halogenated alkanes) is 4. The number of carboxylic acids is 1. The summed E-state index contributed by atoms with van der Waals surface area (Å²) in [5.74, 6) is -0.705. The van der Waals surface area contributed by atoms with Gasteiger partial charge in [0.2, 0.25) is 0 Å². The van der Waals surface area contributed by atoms with Gasteiger partial charge < -0.3 is 10.2 Å². The summed E-state index contributed by atoms with van der Waals surface area (Å²) < 4.78 is 0. The number of hydrogen-bond acceptors (Lipinski definition) is 2. The van der Waals surface area contributed by atoms with Crippen molar-refractivity contribution >= 4 is 5.97 Å². The summed E-state index contributed by atoms with van der Waals surface area (Å²) >= 11 is 0. The first kappa shape index (κ1) is 16.2. The fraction of sp³-hybridized carbons (Fsp3) is 0.786. The molecular formula is C14H26O3. The van der Waals surface area contributed by atoms with Crippen LogP contribution in [0.2, 0.25) is 0 Å². The third-order valence-electron chi connectivity index (χ3n) is 2.81. The molecule has 1 unspecified atom stereocenters. The topological polar surface area (TPSA) is 57.5 Å². The summed E-state index contributed by atoms with van der Waals surface area (Å²) in [5, 5.41) is 17.8. The van der Waals surface area contributed by atoms with E-state index in [0.29, 0.717) is 0 Å². The Morgan fingerprint density at radius 2 is 1.71 bits per heavy atom. The Bertz CT molecular complexity index is 212. The minimum Gasteiger partial charge on any atom is -0.481 e. The van der Waals surface area contributed by atoms with E-state index in [-0.39, 0.29) is 12.5 Å². The minimum atomic E-state index is -0.705. The Hall–Kier alpha value is -0.830. The van der Waals surface area contributed by atoms with Crippen LogP contribution >= 0.6 is 0 Å². The SMILES string of the molecule is CCC(O)CCCCC=CCCCCC(=O)O. The molecule has 17 heavy (non-hydrogen) atoms. The maximum absolute atomic E-state index is 10.2. The highest BCUT2D eigenvalue weighted by Crippen LogP contribution is 2.07. The van der Waals surface area contributed by atoms with E-state index in [1.807, 2.05) is 6.92 Å². The predicted octanol–water partition coefficient (Wildman–Crippen LogP) is 3.52. The van der Waals surface area contributed by atoms with Gasteiger partial charge in [-0.2, -0.15) is 0 Å². The third kappa shape index (κ3) is 13.1. The molecule has 100 valence electrons. The van der Waals surface area contributed by atoms with E-state index in [1.54, 1.807) is 0 Å². The minimum absolute atomic E-state index is 0.130. The molecule has 0 bridgehead atoms. The number of rotatable bonds is 11. The molecule has 0 aliphatic carbocycles. The van der Waals surface area contributed by atoms with Crippen LogP contribution in [0, 0.1) is 0 Å². The van der Waals surface area contributed by atoms with Gasteiger partial charge in [-0.25, -0.2) is 0 Å². The molecular weight excluding hydrogens is 216 g/mol. The van der Waals surface area contributed by atoms with Gasteiger partial charge in [0.05, 0.1) is 6.10 Å². The van der Waals surface area contributed by atoms with Gasteiger partial charge in [-0.05, 0) is 44.9 Å². The van der Waals surface area contributed by atoms with Crippen LogP contribution in [0.25, 0.3) is 0 Å². The van der Waals surface area contributed by atoms with Gasteiger partial charge in [-0.3, -0.25) is 4.79 Å². The summed E-state index contributed by atoms with van der Waals surface area (Å²) in [6, 6.07) is 0. The van der Waals surface area contributed by atoms with Crippen molar-refractivity contribution in [1.29, 1.82) is 0 Å². The van der Waals surface area contributed by atoms with E-state index in [2.05, 4.69) is 12.2 Å². The van der Waals surface area contributed by atoms with E-state index >= 15 is 0 Å². The maximum atomic E-state index is 10.2. The Labute approximate surface area is 105 Å². The van der Waals surface area contributed by atoms with Crippen molar-refractivity contribution in [3.05, 3.63) is 12.2 Å². The van der Waals surface area contributed by atoms with E-state index in [0.717, 1.165) is 51.4 Å². The molecule has 0 saturated heterocycles. The number of aliphatic carboxylic acids is 1. The molecule has 0 aromatic rings. The molecule has 0 aliphatic heterocycles. The number of carboxylic acid groups (broad SMARTS) is 1. The standard InChI is InChI=1S/C14H26O3/c1-2-13(15)11-9-7-5-3-4-6-8-10-12-14(16)17/h3-4,13,15H,2,5-12H2,1H3,(H,16,17). The summed E-state index contributed by atoms with van der Waals surface area (Å²) in [7, 11) is 0. The van der Waals surface area contributed by atoms with E-state index < -0.39 is 5.97 Å². The zero-order valence-electron chi connectivity index (χ0n) is 10.9. The van der Waals surface area contributed by atoms with Crippen LogP contribution in [0.4, 0.5) is 0 Å². The summed E-state index contributed by atoms with van der Waals surface area (Å²) in [6.07, 6.45) is 12.2. The smallest absolute Gasteiger partial charge is 0.303 e. The summed E-state index contributed by atoms with van der Waals surface area (Å²) in [5.41, 5.74) is 0. The second kappa shape index (κ2) is 11.6. The molecule has 0 heterocycles. The Morgan fingerprint density at radius 1 is 1.12 bits per heavy atom. The highest BCUT2D eigenvalue weighted by atomic mass is 16.4. The predicted molar refractivity (Wildman–Crippen MR) is 70.0 cm³/mol. The third-order valence-corrected chi connectivity index (χ3v) is 2.81. The number of hydrogen-bond donors (Lipinski definition) is 2. The molecule has 0 aromatic carbocycles. The lowest BCUT2D eigenvalue weighted by molar-refractivity contribution is -0.137. The van der Waals surface area contributed by atoms with Crippen LogP contribution in [0.15, 0.2) is 12.2 Å². The molecule has 0 aromatic heterocycles. The lowest BCUT2D eigenvalue weighted by atomic mass is 10.1. The Kier molecular flexibility index (Phi) is 11.1. The average molecular weight is 242 g/mol. The zero-order chi connectivity index (χ0) is 12.9. The molecule has 0 saturated carbocycles. The first-order chi connectivity index (χ1) is 8.16. The Morgan fingerprint density at radius 3 is 2.24 bits per heavy atom. The van der Waals surface area contributed by atoms with Crippen molar-refractivity contribution < 1.29 is 15.0 Å². The van der Waals surface area contributed by atoms with Gasteiger partial charge in [0, 0.05) is 6.42 Å². The van der Waals surface area contributed by atoms with Crippen LogP contribution in [0.5, 0.6) is 0 Å². The van der Waals surface area contributed by atoms with Gasteiger partial charge in [0.15, 0.2) is 0 Å². The summed E-state index contributed by atoms with van der Waals surface area (Å²) in [4.78, 5) is 10.2. The fourth-order valence-electron chi connectivity index (χ4n) is 1.62. The molecule has 3 heteroatoms. The lowest BCUT2D eigenvalue weighted by Gasteiger charge is -2.05. The number of aliphatic hydroxyl groups excluding tert-OH is 1. The van der Waals surface area contributed by atoms with Crippen molar-refractivity contribution in [2.75, 3.05) is 0 Å². The molecule has 0 amide bonds. The van der Waals surface area contributed by atoms with E-state index in [4.69, 9.17) is 5.11 Å². The van der Waals surface area contributed by atoms with Crippen molar-refractivity contribution in [2.24, 2.45) is 0 Å². The van der Waals surface area contributed by atoms with E-state index in [1.165, 1.54) is 0 Å². The molecule has 0 rings (SSSR count). The van der Waals surface area contributed by atoms with Gasteiger partial charge in [-0.1, -0.05) is 25.5 Å². The second-order valence-electron chi connectivity index (χ2n) is 4.46. The van der Waals surface area contributed by atoms with Crippen LogP contribution in [0.3, 0.4) is 0 Å². The lowest BCUT2D eigenvalue weighted by Crippen LogP contribution is -2.02. The first-order valence-corrected chi connectivity index (χ1v) is 6.71. The highest BCUT2D eigenvalue weighted by molar-refractivity contribution is 5.66. The number of carbonyl (C=O) groups is 1. The molecule has 0 aliphatic rings. The number of allylic oxidation sites excluding steroid dienone is 2. The largest absolute Gasteiger partial charge is 0.481 e. The van der Waals surface area contributed by atoms with E-state index in [9.17, 15) is 9.90 Å². The number of aliphatic hydroxyl groups is 1. The average Bonchev–Trinajstić information content (AvgIpc) is 2.30. The van der Waals surface area contributed by atoms with Crippen molar-refractivity contribution in [3.63, 3.8) is 0 Å². The van der Waals surface area contributed by atoms with Crippen LogP contribution in [0.1, 0.15) is 64.7 Å². The highest BCUT2D eigenvalue weighted by Gasteiger charge is 1.98. The van der Waals surface area contributed by atoms with Gasteiger partial charge >= 0.3 is 5.97 Å². The second-order valence-corrected chi connectivity index (χ2v) is 4.46. The molecule has 3 nitrogen and oxygen atoms in total. The summed E-state index contributed by atoms with van der Waals surface area (Å²) in [6.45, 7) is 2.00. The van der Waals surface area contributed by atoms with Gasteiger partial charge in [0.1, 0.15) is 0 Å². The van der Waals surface area contributed by atoms with Crippen molar-refractivity contribution in [1.82, 2.24) is 0 Å². The zero-order valence-corrected chi connectivity index (χ0v) is 10.9. The van der Waals surface area contributed by atoms with Crippen LogP contribution in [-0.2, 0) is 4.79 Å². The molecule has 0 fully saturated rings. The normalized spacial score (nSPS) is 13.1.